The summed E-state index contributed by atoms with van der Waals surface area (Å²) in [5.74, 6) is 0. The molecule has 0 aromatic carbocycles. The van der Waals surface area contributed by atoms with Crippen LogP contribution in [-0.2, 0) is 6.54 Å². The van der Waals surface area contributed by atoms with E-state index in [0.717, 1.165) is 17.9 Å². The van der Waals surface area contributed by atoms with Gasteiger partial charge >= 0.3 is 0 Å². The lowest BCUT2D eigenvalue weighted by Crippen LogP contribution is -2.15. The van der Waals surface area contributed by atoms with Crippen LogP contribution in [0.4, 0.5) is 0 Å². The van der Waals surface area contributed by atoms with Crippen LogP contribution >= 0.6 is 11.6 Å². The van der Waals surface area contributed by atoms with Gasteiger partial charge in [-0.05, 0) is 13.8 Å². The van der Waals surface area contributed by atoms with Crippen molar-refractivity contribution >= 4 is 11.6 Å². The predicted molar refractivity (Wildman–Crippen MR) is 54.8 cm³/mol. The van der Waals surface area contributed by atoms with Crippen LogP contribution in [0.2, 0.25) is 0 Å². The first-order valence-corrected chi connectivity index (χ1v) is 4.53. The Kier molecular flexibility index (Phi) is 3.51. The molecule has 72 valence electrons. The number of aromatic amines is 1. The average molecular weight is 200 g/mol. The number of hydrogen-bond acceptors (Lipinski definition) is 2. The van der Waals surface area contributed by atoms with Crippen molar-refractivity contribution in [1.29, 1.82) is 0 Å². The van der Waals surface area contributed by atoms with Gasteiger partial charge in [0.25, 0.3) is 0 Å². The molecule has 13 heavy (non-hydrogen) atoms. The maximum atomic E-state index is 5.62. The van der Waals surface area contributed by atoms with E-state index in [-0.39, 0.29) is 0 Å². The molecule has 0 bridgehead atoms. The molecule has 0 amide bonds. The Morgan fingerprint density at radius 3 is 2.77 bits per heavy atom. The Hall–Kier alpha value is -0.800. The average Bonchev–Trinajstić information content (AvgIpc) is 2.34. The van der Waals surface area contributed by atoms with Crippen molar-refractivity contribution in [3.63, 3.8) is 0 Å². The summed E-state index contributed by atoms with van der Waals surface area (Å²) in [4.78, 5) is 0. The summed E-state index contributed by atoms with van der Waals surface area (Å²) >= 11 is 5.62. The Morgan fingerprint density at radius 1 is 1.62 bits per heavy atom. The largest absolute Gasteiger partial charge is 0.308 e. The summed E-state index contributed by atoms with van der Waals surface area (Å²) in [6.07, 6.45) is 0. The Labute approximate surface area is 83.2 Å². The van der Waals surface area contributed by atoms with E-state index < -0.39 is 0 Å². The Morgan fingerprint density at radius 2 is 2.31 bits per heavy atom. The molecule has 3 nitrogen and oxygen atoms in total. The van der Waals surface area contributed by atoms with E-state index in [1.165, 1.54) is 5.56 Å². The van der Waals surface area contributed by atoms with E-state index in [9.17, 15) is 0 Å². The van der Waals surface area contributed by atoms with Gasteiger partial charge in [0.1, 0.15) is 0 Å². The second-order valence-corrected chi connectivity index (χ2v) is 3.57. The van der Waals surface area contributed by atoms with Crippen molar-refractivity contribution < 1.29 is 0 Å². The Bertz CT molecular complexity index is 284. The maximum absolute atomic E-state index is 5.62. The minimum absolute atomic E-state index is 0.624. The fourth-order valence-electron chi connectivity index (χ4n) is 1.16. The van der Waals surface area contributed by atoms with Crippen LogP contribution in [0.3, 0.4) is 0 Å². The minimum atomic E-state index is 0.624. The highest BCUT2D eigenvalue weighted by Gasteiger charge is 2.04. The monoisotopic (exact) mass is 199 g/mol. The van der Waals surface area contributed by atoms with Gasteiger partial charge in [0.05, 0.1) is 5.69 Å². The number of aromatic nitrogens is 2. The summed E-state index contributed by atoms with van der Waals surface area (Å²) in [6.45, 7) is 9.00. The first-order valence-electron chi connectivity index (χ1n) is 4.15. The zero-order valence-corrected chi connectivity index (χ0v) is 8.70. The van der Waals surface area contributed by atoms with Gasteiger partial charge in [0.2, 0.25) is 0 Å². The molecule has 0 atom stereocenters. The normalized spacial score (nSPS) is 10.4. The fraction of sp³-hybridized carbons (Fsp3) is 0.444. The smallest absolute Gasteiger partial charge is 0.0638 e. The van der Waals surface area contributed by atoms with Crippen LogP contribution in [-0.4, -0.2) is 16.7 Å². The number of hydrogen-bond donors (Lipinski definition) is 2. The van der Waals surface area contributed by atoms with Gasteiger partial charge in [-0.2, -0.15) is 5.10 Å². The molecule has 0 aliphatic rings. The zero-order chi connectivity index (χ0) is 9.84. The molecule has 1 aromatic rings. The summed E-state index contributed by atoms with van der Waals surface area (Å²) in [5, 5.41) is 10.8. The second-order valence-electron chi connectivity index (χ2n) is 3.03. The van der Waals surface area contributed by atoms with Crippen LogP contribution in [0.25, 0.3) is 0 Å². The lowest BCUT2D eigenvalue weighted by Gasteiger charge is -2.02. The van der Waals surface area contributed by atoms with Gasteiger partial charge in [-0.3, -0.25) is 5.10 Å². The number of rotatable bonds is 4. The van der Waals surface area contributed by atoms with Gasteiger partial charge < -0.3 is 5.32 Å². The molecule has 0 aliphatic heterocycles. The molecule has 2 N–H and O–H groups in total. The third-order valence-corrected chi connectivity index (χ3v) is 2.03. The van der Waals surface area contributed by atoms with E-state index >= 15 is 0 Å². The predicted octanol–water partition coefficient (Wildman–Crippen LogP) is 1.87. The molecule has 1 rings (SSSR count). The molecule has 0 saturated heterocycles. The number of H-pyrrole nitrogens is 1. The van der Waals surface area contributed by atoms with E-state index in [2.05, 4.69) is 22.1 Å². The first kappa shape index (κ1) is 10.3. The summed E-state index contributed by atoms with van der Waals surface area (Å²) < 4.78 is 0. The summed E-state index contributed by atoms with van der Waals surface area (Å²) in [5.41, 5.74) is 3.34. The highest BCUT2D eigenvalue weighted by Crippen LogP contribution is 2.08. The highest BCUT2D eigenvalue weighted by molar-refractivity contribution is 6.29. The van der Waals surface area contributed by atoms with Crippen LogP contribution in [0.15, 0.2) is 11.6 Å². The lowest BCUT2D eigenvalue weighted by atomic mass is 10.2. The molecule has 1 heterocycles. The van der Waals surface area contributed by atoms with E-state index in [1.54, 1.807) is 0 Å². The number of aryl methyl sites for hydroxylation is 2. The van der Waals surface area contributed by atoms with Gasteiger partial charge in [0.15, 0.2) is 0 Å². The molecular weight excluding hydrogens is 186 g/mol. The fourth-order valence-corrected chi connectivity index (χ4v) is 1.25. The Balaban J connectivity index is 2.49. The topological polar surface area (TPSA) is 40.7 Å². The maximum Gasteiger partial charge on any atom is 0.0638 e. The van der Waals surface area contributed by atoms with Gasteiger partial charge in [-0.15, -0.1) is 0 Å². The van der Waals surface area contributed by atoms with Crippen molar-refractivity contribution in [2.24, 2.45) is 0 Å². The number of nitrogens with zero attached hydrogens (tertiary/aromatic N) is 1. The van der Waals surface area contributed by atoms with Crippen molar-refractivity contribution in [1.82, 2.24) is 15.5 Å². The van der Waals surface area contributed by atoms with Crippen molar-refractivity contribution in [2.75, 3.05) is 6.54 Å². The molecule has 0 saturated carbocycles. The quantitative estimate of drug-likeness (QED) is 0.778. The minimum Gasteiger partial charge on any atom is -0.308 e. The van der Waals surface area contributed by atoms with Crippen LogP contribution < -0.4 is 5.32 Å². The molecule has 0 spiro atoms. The molecule has 1 aromatic heterocycles. The van der Waals surface area contributed by atoms with Crippen LogP contribution in [0.1, 0.15) is 17.0 Å². The molecule has 0 aliphatic carbocycles. The third kappa shape index (κ3) is 2.86. The van der Waals surface area contributed by atoms with E-state index in [0.29, 0.717) is 11.6 Å². The SMILES string of the molecule is C=C(Cl)CNCc1c(C)n[nH]c1C. The van der Waals surface area contributed by atoms with Gasteiger partial charge in [-0.1, -0.05) is 18.2 Å². The number of halogens is 1. The zero-order valence-electron chi connectivity index (χ0n) is 7.95. The molecule has 0 unspecified atom stereocenters. The first-order chi connectivity index (χ1) is 6.11. The molecular formula is C9H14ClN3. The highest BCUT2D eigenvalue weighted by atomic mass is 35.5. The van der Waals surface area contributed by atoms with Crippen molar-refractivity contribution in [3.05, 3.63) is 28.6 Å². The summed E-state index contributed by atoms with van der Waals surface area (Å²) in [7, 11) is 0. The van der Waals surface area contributed by atoms with E-state index in [1.807, 2.05) is 13.8 Å². The molecule has 0 radical (unpaired) electrons. The number of nitrogens with one attached hydrogen (secondary N) is 2. The summed E-state index contributed by atoms with van der Waals surface area (Å²) in [6, 6.07) is 0. The molecule has 4 heteroatoms. The van der Waals surface area contributed by atoms with Crippen LogP contribution in [0.5, 0.6) is 0 Å². The van der Waals surface area contributed by atoms with Crippen molar-refractivity contribution in [2.45, 2.75) is 20.4 Å². The lowest BCUT2D eigenvalue weighted by molar-refractivity contribution is 0.747. The third-order valence-electron chi connectivity index (χ3n) is 1.90. The van der Waals surface area contributed by atoms with Crippen molar-refractivity contribution in [3.8, 4) is 0 Å². The van der Waals surface area contributed by atoms with Gasteiger partial charge in [0, 0.05) is 29.4 Å². The molecule has 0 fully saturated rings. The van der Waals surface area contributed by atoms with Crippen LogP contribution in [0, 0.1) is 13.8 Å². The van der Waals surface area contributed by atoms with E-state index in [4.69, 9.17) is 11.6 Å². The second kappa shape index (κ2) is 4.44. The van der Waals surface area contributed by atoms with Gasteiger partial charge in [-0.25, -0.2) is 0 Å². The standard InChI is InChI=1S/C9H14ClN3/c1-6(10)4-11-5-9-7(2)12-13-8(9)3/h11H,1,4-5H2,2-3H3,(H,12,13).